The molecular weight excluding hydrogens is 509 g/mol. The number of benzene rings is 2. The van der Waals surface area contributed by atoms with Crippen molar-refractivity contribution in [2.75, 3.05) is 13.6 Å². The second-order valence-electron chi connectivity index (χ2n) is 8.59. The Morgan fingerprint density at radius 2 is 1.63 bits per heavy atom. The standard InChI is InChI=1S/C25H33Cl2N3O4S/c1-6-18(4)28-25(32)23(7-2)30(15-19-10-13-21(26)22(27)14-19)24(31)16-29(5)35(33,34)20-11-8-17(3)9-12-20/h8-14,18,23H,6-7,15-16H2,1-5H3,(H,28,32)/t18-,23-/m0/s1. The maximum Gasteiger partial charge on any atom is 0.243 e. The highest BCUT2D eigenvalue weighted by Gasteiger charge is 2.32. The first-order chi connectivity index (χ1) is 16.4. The van der Waals surface area contributed by atoms with Crippen molar-refractivity contribution in [1.82, 2.24) is 14.5 Å². The molecule has 0 aliphatic rings. The van der Waals surface area contributed by atoms with Crippen molar-refractivity contribution in [2.24, 2.45) is 0 Å². The van der Waals surface area contributed by atoms with E-state index in [9.17, 15) is 18.0 Å². The average Bonchev–Trinajstić information content (AvgIpc) is 2.81. The van der Waals surface area contributed by atoms with E-state index in [0.717, 1.165) is 16.3 Å². The van der Waals surface area contributed by atoms with Gasteiger partial charge in [-0.05, 0) is 56.5 Å². The fourth-order valence-corrected chi connectivity index (χ4v) is 4.89. The molecule has 2 amide bonds. The van der Waals surface area contributed by atoms with Gasteiger partial charge in [-0.25, -0.2) is 8.42 Å². The monoisotopic (exact) mass is 541 g/mol. The number of sulfonamides is 1. The third-order valence-corrected chi connectivity index (χ3v) is 8.37. The van der Waals surface area contributed by atoms with E-state index in [0.29, 0.717) is 22.0 Å². The molecule has 0 heterocycles. The van der Waals surface area contributed by atoms with Gasteiger partial charge in [0, 0.05) is 19.6 Å². The summed E-state index contributed by atoms with van der Waals surface area (Å²) in [5, 5.41) is 3.63. The van der Waals surface area contributed by atoms with Crippen molar-refractivity contribution >= 4 is 45.0 Å². The van der Waals surface area contributed by atoms with Crippen LogP contribution in [0.2, 0.25) is 10.0 Å². The van der Waals surface area contributed by atoms with Gasteiger partial charge < -0.3 is 10.2 Å². The molecule has 2 aromatic carbocycles. The normalized spacial score (nSPS) is 13.4. The summed E-state index contributed by atoms with van der Waals surface area (Å²) in [6, 6.07) is 10.5. The molecule has 35 heavy (non-hydrogen) atoms. The minimum absolute atomic E-state index is 0.0666. The molecule has 0 spiro atoms. The van der Waals surface area contributed by atoms with Gasteiger partial charge in [0.1, 0.15) is 6.04 Å². The number of hydrogen-bond acceptors (Lipinski definition) is 4. The van der Waals surface area contributed by atoms with Crippen LogP contribution in [-0.4, -0.2) is 55.1 Å². The van der Waals surface area contributed by atoms with Gasteiger partial charge in [-0.1, -0.05) is 60.8 Å². The van der Waals surface area contributed by atoms with Crippen LogP contribution < -0.4 is 5.32 Å². The minimum Gasteiger partial charge on any atom is -0.352 e. The van der Waals surface area contributed by atoms with E-state index in [2.05, 4.69) is 5.32 Å². The van der Waals surface area contributed by atoms with Gasteiger partial charge in [-0.2, -0.15) is 4.31 Å². The SMILES string of the molecule is CC[C@H](C)NC(=O)[C@H](CC)N(Cc1ccc(Cl)c(Cl)c1)C(=O)CN(C)S(=O)(=O)c1ccc(C)cc1. The van der Waals surface area contributed by atoms with Crippen LogP contribution in [-0.2, 0) is 26.2 Å². The first-order valence-corrected chi connectivity index (χ1v) is 13.7. The number of halogens is 2. The molecule has 0 aliphatic carbocycles. The molecule has 0 radical (unpaired) electrons. The van der Waals surface area contributed by atoms with Gasteiger partial charge >= 0.3 is 0 Å². The molecule has 10 heteroatoms. The number of amides is 2. The molecule has 2 rings (SSSR count). The summed E-state index contributed by atoms with van der Waals surface area (Å²) < 4.78 is 27.1. The Balaban J connectivity index is 2.35. The van der Waals surface area contributed by atoms with Crippen molar-refractivity contribution in [1.29, 1.82) is 0 Å². The highest BCUT2D eigenvalue weighted by Crippen LogP contribution is 2.24. The maximum atomic E-state index is 13.5. The van der Waals surface area contributed by atoms with Crippen LogP contribution in [0.25, 0.3) is 0 Å². The van der Waals surface area contributed by atoms with E-state index >= 15 is 0 Å². The second-order valence-corrected chi connectivity index (χ2v) is 11.4. The zero-order valence-electron chi connectivity index (χ0n) is 20.7. The van der Waals surface area contributed by atoms with Crippen LogP contribution in [0, 0.1) is 6.92 Å². The highest BCUT2D eigenvalue weighted by atomic mass is 35.5. The molecular formula is C25H33Cl2N3O4S. The molecule has 0 aliphatic heterocycles. The first-order valence-electron chi connectivity index (χ1n) is 11.5. The molecule has 7 nitrogen and oxygen atoms in total. The van der Waals surface area contributed by atoms with Crippen LogP contribution in [0.4, 0.5) is 0 Å². The summed E-state index contributed by atoms with van der Waals surface area (Å²) >= 11 is 12.2. The lowest BCUT2D eigenvalue weighted by atomic mass is 10.1. The predicted octanol–water partition coefficient (Wildman–Crippen LogP) is 4.64. The van der Waals surface area contributed by atoms with Crippen molar-refractivity contribution in [3.8, 4) is 0 Å². The Morgan fingerprint density at radius 1 is 1.00 bits per heavy atom. The number of carbonyl (C=O) groups excluding carboxylic acids is 2. The molecule has 0 unspecified atom stereocenters. The lowest BCUT2D eigenvalue weighted by Gasteiger charge is -2.32. The lowest BCUT2D eigenvalue weighted by Crippen LogP contribution is -2.53. The Hall–Kier alpha value is -2.13. The third-order valence-electron chi connectivity index (χ3n) is 5.81. The van der Waals surface area contributed by atoms with Crippen molar-refractivity contribution in [2.45, 2.75) is 64.1 Å². The van der Waals surface area contributed by atoms with E-state index in [4.69, 9.17) is 23.2 Å². The molecule has 2 aromatic rings. The molecule has 1 N–H and O–H groups in total. The van der Waals surface area contributed by atoms with E-state index in [1.165, 1.54) is 24.1 Å². The van der Waals surface area contributed by atoms with E-state index in [1.54, 1.807) is 30.3 Å². The number of nitrogens with zero attached hydrogens (tertiary/aromatic N) is 2. The van der Waals surface area contributed by atoms with Crippen LogP contribution in [0.5, 0.6) is 0 Å². The number of rotatable bonds is 11. The lowest BCUT2D eigenvalue weighted by molar-refractivity contribution is -0.141. The van der Waals surface area contributed by atoms with Crippen LogP contribution in [0.3, 0.4) is 0 Å². The second kappa shape index (κ2) is 12.7. The van der Waals surface area contributed by atoms with E-state index < -0.39 is 28.5 Å². The van der Waals surface area contributed by atoms with Crippen LogP contribution in [0.1, 0.15) is 44.7 Å². The number of carbonyl (C=O) groups is 2. The van der Waals surface area contributed by atoms with Crippen LogP contribution in [0.15, 0.2) is 47.4 Å². The third kappa shape index (κ3) is 7.67. The van der Waals surface area contributed by atoms with Crippen molar-refractivity contribution in [3.05, 3.63) is 63.6 Å². The molecule has 0 saturated carbocycles. The van der Waals surface area contributed by atoms with Gasteiger partial charge in [0.2, 0.25) is 21.8 Å². The van der Waals surface area contributed by atoms with Crippen molar-refractivity contribution < 1.29 is 18.0 Å². The molecule has 192 valence electrons. The molecule has 0 aromatic heterocycles. The van der Waals surface area contributed by atoms with Gasteiger partial charge in [-0.15, -0.1) is 0 Å². The predicted molar refractivity (Wildman–Crippen MR) is 140 cm³/mol. The van der Waals surface area contributed by atoms with Gasteiger partial charge in [0.05, 0.1) is 21.5 Å². The van der Waals surface area contributed by atoms with Gasteiger partial charge in [0.15, 0.2) is 0 Å². The summed E-state index contributed by atoms with van der Waals surface area (Å²) in [7, 11) is -2.55. The Labute approximate surface area is 218 Å². The first kappa shape index (κ1) is 29.1. The molecule has 0 bridgehead atoms. The number of hydrogen-bond donors (Lipinski definition) is 1. The molecule has 0 saturated heterocycles. The van der Waals surface area contributed by atoms with Crippen molar-refractivity contribution in [3.63, 3.8) is 0 Å². The quantitative estimate of drug-likeness (QED) is 0.448. The summed E-state index contributed by atoms with van der Waals surface area (Å²) in [6.07, 6.45) is 1.09. The maximum absolute atomic E-state index is 13.5. The van der Waals surface area contributed by atoms with Crippen LogP contribution >= 0.6 is 23.2 Å². The zero-order chi connectivity index (χ0) is 26.3. The Kier molecular flexibility index (Phi) is 10.6. The van der Waals surface area contributed by atoms with Gasteiger partial charge in [0.25, 0.3) is 0 Å². The fraction of sp³-hybridized carbons (Fsp3) is 0.440. The van der Waals surface area contributed by atoms with E-state index in [-0.39, 0.29) is 23.4 Å². The minimum atomic E-state index is -3.90. The topological polar surface area (TPSA) is 86.8 Å². The summed E-state index contributed by atoms with van der Waals surface area (Å²) in [5.41, 5.74) is 1.60. The summed E-state index contributed by atoms with van der Waals surface area (Å²) in [5.74, 6) is -0.792. The smallest absolute Gasteiger partial charge is 0.243 e. The molecule has 0 fully saturated rings. The average molecular weight is 543 g/mol. The van der Waals surface area contributed by atoms with Gasteiger partial charge in [-0.3, -0.25) is 9.59 Å². The summed E-state index contributed by atoms with van der Waals surface area (Å²) in [4.78, 5) is 28.0. The zero-order valence-corrected chi connectivity index (χ0v) is 23.0. The number of nitrogens with one attached hydrogen (secondary N) is 1. The highest BCUT2D eigenvalue weighted by molar-refractivity contribution is 7.89. The Morgan fingerprint density at radius 3 is 2.17 bits per heavy atom. The number of aryl methyl sites for hydroxylation is 1. The Bertz CT molecular complexity index is 1140. The number of likely N-dealkylation sites (N-methyl/N-ethyl adjacent to an activating group) is 1. The molecule has 2 atom stereocenters. The van der Waals surface area contributed by atoms with E-state index in [1.807, 2.05) is 27.7 Å². The largest absolute Gasteiger partial charge is 0.352 e. The summed E-state index contributed by atoms with van der Waals surface area (Å²) in [6.45, 7) is 7.15. The fourth-order valence-electron chi connectivity index (χ4n) is 3.45.